The smallest absolute Gasteiger partial charge is 0.326 e. The van der Waals surface area contributed by atoms with Gasteiger partial charge in [0.15, 0.2) is 0 Å². The quantitative estimate of drug-likeness (QED) is 0.170. The van der Waals surface area contributed by atoms with E-state index in [2.05, 4.69) is 33.4 Å². The number of hydrogen-bond donors (Lipinski definition) is 2. The van der Waals surface area contributed by atoms with E-state index in [1.807, 2.05) is 97.1 Å². The number of halogens is 1. The summed E-state index contributed by atoms with van der Waals surface area (Å²) in [6.45, 7) is 0.257. The molecule has 0 aromatic heterocycles. The van der Waals surface area contributed by atoms with Gasteiger partial charge in [-0.25, -0.2) is 4.79 Å². The summed E-state index contributed by atoms with van der Waals surface area (Å²) in [6.07, 6.45) is 0.147. The molecular formula is C35H28BrNO4. The molecule has 0 bridgehead atoms. The number of benzene rings is 5. The fourth-order valence-corrected chi connectivity index (χ4v) is 4.89. The third kappa shape index (κ3) is 7.29. The molecule has 0 fully saturated rings. The highest BCUT2D eigenvalue weighted by atomic mass is 79.9. The second kappa shape index (κ2) is 13.1. The molecule has 204 valence electrons. The highest BCUT2D eigenvalue weighted by Crippen LogP contribution is 2.26. The van der Waals surface area contributed by atoms with Crippen LogP contribution in [-0.2, 0) is 17.8 Å². The van der Waals surface area contributed by atoms with Gasteiger partial charge in [-0.3, -0.25) is 4.79 Å². The number of rotatable bonds is 10. The average molecular weight is 607 g/mol. The third-order valence-electron chi connectivity index (χ3n) is 6.75. The van der Waals surface area contributed by atoms with Gasteiger partial charge in [0, 0.05) is 10.9 Å². The van der Waals surface area contributed by atoms with Crippen molar-refractivity contribution >= 4 is 27.8 Å². The molecule has 5 aromatic carbocycles. The van der Waals surface area contributed by atoms with E-state index in [4.69, 9.17) is 4.74 Å². The normalized spacial score (nSPS) is 11.4. The molecule has 0 radical (unpaired) electrons. The molecule has 0 unspecified atom stereocenters. The molecule has 0 saturated carbocycles. The highest BCUT2D eigenvalue weighted by Gasteiger charge is 2.23. The Morgan fingerprint density at radius 2 is 1.20 bits per heavy atom. The number of ether oxygens (including phenoxy) is 1. The van der Waals surface area contributed by atoms with Crippen LogP contribution in [0.15, 0.2) is 132 Å². The maximum Gasteiger partial charge on any atom is 0.326 e. The summed E-state index contributed by atoms with van der Waals surface area (Å²) in [6, 6.07) is 39.8. The molecule has 0 aliphatic carbocycles. The first kappa shape index (κ1) is 27.9. The summed E-state index contributed by atoms with van der Waals surface area (Å²) in [5, 5.41) is 12.6. The van der Waals surface area contributed by atoms with Crippen LogP contribution >= 0.6 is 15.9 Å². The fraction of sp³-hybridized carbons (Fsp3) is 0.0857. The number of amides is 1. The monoisotopic (exact) mass is 605 g/mol. The van der Waals surface area contributed by atoms with Crippen molar-refractivity contribution in [2.45, 2.75) is 19.1 Å². The second-order valence-electron chi connectivity index (χ2n) is 9.62. The van der Waals surface area contributed by atoms with Crippen LogP contribution in [0.5, 0.6) is 5.75 Å². The number of hydrogen-bond acceptors (Lipinski definition) is 3. The molecule has 1 amide bonds. The summed E-state index contributed by atoms with van der Waals surface area (Å²) in [4.78, 5) is 25.4. The first-order valence-corrected chi connectivity index (χ1v) is 14.0. The number of carboxylic acid groups (broad SMARTS) is 1. The molecule has 0 heterocycles. The molecule has 5 aromatic rings. The number of carbonyl (C=O) groups is 2. The van der Waals surface area contributed by atoms with Crippen LogP contribution in [0.1, 0.15) is 21.5 Å². The third-order valence-corrected chi connectivity index (χ3v) is 7.24. The number of carboxylic acids is 1. The molecule has 5 rings (SSSR count). The van der Waals surface area contributed by atoms with E-state index in [0.717, 1.165) is 33.4 Å². The molecule has 2 N–H and O–H groups in total. The molecule has 1 atom stereocenters. The Morgan fingerprint density at radius 3 is 1.73 bits per heavy atom. The first-order valence-electron chi connectivity index (χ1n) is 13.2. The number of carbonyl (C=O) groups excluding carboxylic acids is 1. The van der Waals surface area contributed by atoms with Crippen molar-refractivity contribution < 1.29 is 19.4 Å². The van der Waals surface area contributed by atoms with Crippen molar-refractivity contribution in [1.29, 1.82) is 0 Å². The van der Waals surface area contributed by atoms with Crippen LogP contribution in [0.2, 0.25) is 0 Å². The van der Waals surface area contributed by atoms with E-state index in [1.54, 1.807) is 18.2 Å². The summed E-state index contributed by atoms with van der Waals surface area (Å²) in [5.74, 6) is -1.26. The minimum atomic E-state index is -1.11. The maximum atomic E-state index is 13.3. The van der Waals surface area contributed by atoms with E-state index in [1.165, 1.54) is 0 Å². The lowest BCUT2D eigenvalue weighted by molar-refractivity contribution is -0.139. The first-order chi connectivity index (χ1) is 20.0. The number of aliphatic carboxylic acids is 1. The van der Waals surface area contributed by atoms with Crippen LogP contribution < -0.4 is 10.1 Å². The summed E-state index contributed by atoms with van der Waals surface area (Å²) < 4.78 is 6.72. The largest absolute Gasteiger partial charge is 0.488 e. The van der Waals surface area contributed by atoms with Crippen molar-refractivity contribution in [3.8, 4) is 28.0 Å². The summed E-state index contributed by atoms with van der Waals surface area (Å²) in [5.41, 5.74) is 6.36. The van der Waals surface area contributed by atoms with Crippen LogP contribution in [0, 0.1) is 0 Å². The Balaban J connectivity index is 1.26. The minimum absolute atomic E-state index is 0.147. The van der Waals surface area contributed by atoms with Crippen molar-refractivity contribution in [3.63, 3.8) is 0 Å². The van der Waals surface area contributed by atoms with E-state index < -0.39 is 17.9 Å². The van der Waals surface area contributed by atoms with Gasteiger partial charge in [0.1, 0.15) is 18.4 Å². The zero-order valence-corrected chi connectivity index (χ0v) is 23.8. The molecule has 0 aliphatic heterocycles. The standard InChI is InChI=1S/C35H28BrNO4/c36-30-19-20-33(41-23-25-13-17-29(18-14-25)27-9-5-2-6-10-27)31(22-30)34(38)37-32(35(39)40)21-24-11-15-28(16-12-24)26-7-3-1-4-8-26/h1-20,22,32H,21,23H2,(H,37,38)(H,39,40)/t32-/m0/s1. The Labute approximate surface area is 247 Å². The van der Waals surface area contributed by atoms with E-state index in [-0.39, 0.29) is 18.6 Å². The van der Waals surface area contributed by atoms with Crippen LogP contribution in [0.4, 0.5) is 0 Å². The van der Waals surface area contributed by atoms with E-state index in [0.29, 0.717) is 10.2 Å². The lowest BCUT2D eigenvalue weighted by Crippen LogP contribution is -2.42. The Bertz CT molecular complexity index is 1620. The predicted molar refractivity (Wildman–Crippen MR) is 165 cm³/mol. The highest BCUT2D eigenvalue weighted by molar-refractivity contribution is 9.10. The fourth-order valence-electron chi connectivity index (χ4n) is 4.53. The van der Waals surface area contributed by atoms with Gasteiger partial charge in [0.05, 0.1) is 5.56 Å². The van der Waals surface area contributed by atoms with Gasteiger partial charge in [0.25, 0.3) is 5.91 Å². The Hall–Kier alpha value is -4.68. The van der Waals surface area contributed by atoms with Crippen molar-refractivity contribution in [2.75, 3.05) is 0 Å². The molecule has 5 nitrogen and oxygen atoms in total. The molecule has 6 heteroatoms. The molecule has 41 heavy (non-hydrogen) atoms. The van der Waals surface area contributed by atoms with Gasteiger partial charge in [-0.05, 0) is 51.6 Å². The summed E-state index contributed by atoms with van der Waals surface area (Å²) in [7, 11) is 0. The summed E-state index contributed by atoms with van der Waals surface area (Å²) >= 11 is 3.41. The predicted octanol–water partition coefficient (Wildman–Crippen LogP) is 7.79. The molecular weight excluding hydrogens is 578 g/mol. The van der Waals surface area contributed by atoms with Gasteiger partial charge in [-0.2, -0.15) is 0 Å². The Kier molecular flexibility index (Phi) is 8.92. The second-order valence-corrected chi connectivity index (χ2v) is 10.5. The molecule has 0 aliphatic rings. The van der Waals surface area contributed by atoms with Gasteiger partial charge >= 0.3 is 5.97 Å². The van der Waals surface area contributed by atoms with Gasteiger partial charge in [0.2, 0.25) is 0 Å². The zero-order chi connectivity index (χ0) is 28.6. The average Bonchev–Trinajstić information content (AvgIpc) is 3.01. The van der Waals surface area contributed by atoms with E-state index in [9.17, 15) is 14.7 Å². The van der Waals surface area contributed by atoms with Gasteiger partial charge < -0.3 is 15.2 Å². The SMILES string of the molecule is O=C(N[C@@H](Cc1ccc(-c2ccccc2)cc1)C(=O)O)c1cc(Br)ccc1OCc1ccc(-c2ccccc2)cc1. The number of nitrogens with one attached hydrogen (secondary N) is 1. The van der Waals surface area contributed by atoms with Crippen LogP contribution in [0.25, 0.3) is 22.3 Å². The minimum Gasteiger partial charge on any atom is -0.488 e. The van der Waals surface area contributed by atoms with Crippen molar-refractivity contribution in [3.05, 3.63) is 149 Å². The zero-order valence-electron chi connectivity index (χ0n) is 22.2. The molecule has 0 spiro atoms. The maximum absolute atomic E-state index is 13.3. The van der Waals surface area contributed by atoms with Crippen molar-refractivity contribution in [1.82, 2.24) is 5.32 Å². The van der Waals surface area contributed by atoms with Crippen LogP contribution in [0.3, 0.4) is 0 Å². The lowest BCUT2D eigenvalue weighted by atomic mass is 10.0. The van der Waals surface area contributed by atoms with Gasteiger partial charge in [-0.15, -0.1) is 0 Å². The van der Waals surface area contributed by atoms with Crippen molar-refractivity contribution in [2.24, 2.45) is 0 Å². The van der Waals surface area contributed by atoms with Gasteiger partial charge in [-0.1, -0.05) is 125 Å². The van der Waals surface area contributed by atoms with Crippen LogP contribution in [-0.4, -0.2) is 23.0 Å². The molecule has 0 saturated heterocycles. The van der Waals surface area contributed by atoms with E-state index >= 15 is 0 Å². The lowest BCUT2D eigenvalue weighted by Gasteiger charge is -2.17. The topological polar surface area (TPSA) is 75.6 Å². The Morgan fingerprint density at radius 1 is 0.683 bits per heavy atom.